The summed E-state index contributed by atoms with van der Waals surface area (Å²) in [4.78, 5) is 13.4. The maximum atomic E-state index is 14.0. The normalized spacial score (nSPS) is 13.7. The summed E-state index contributed by atoms with van der Waals surface area (Å²) >= 11 is 0. The number of carbonyl (C=O) groups is 1. The number of rotatable bonds is 6. The average molecular weight is 378 g/mol. The molecule has 2 aromatic carbocycles. The number of ether oxygens (including phenoxy) is 1. The topological polar surface area (TPSA) is 75.7 Å². The van der Waals surface area contributed by atoms with Crippen LogP contribution in [0, 0.1) is 5.82 Å². The van der Waals surface area contributed by atoms with E-state index in [2.05, 4.69) is 4.72 Å². The number of hydrogen-bond donors (Lipinski definition) is 1. The first-order valence-corrected chi connectivity index (χ1v) is 9.72. The number of amides is 1. The lowest BCUT2D eigenvalue weighted by molar-refractivity contribution is -0.117. The van der Waals surface area contributed by atoms with Crippen molar-refractivity contribution in [2.45, 2.75) is 25.2 Å². The number of nitrogens with zero attached hydrogens (tertiary/aromatic N) is 1. The summed E-state index contributed by atoms with van der Waals surface area (Å²) in [6, 6.07) is 8.41. The van der Waals surface area contributed by atoms with Gasteiger partial charge in [-0.25, -0.2) is 12.8 Å². The molecule has 0 saturated carbocycles. The molecule has 0 saturated heterocycles. The predicted octanol–water partition coefficient (Wildman–Crippen LogP) is 2.93. The lowest BCUT2D eigenvalue weighted by atomic mass is 10.1. The van der Waals surface area contributed by atoms with Crippen LogP contribution in [0.4, 0.5) is 15.8 Å². The Balaban J connectivity index is 1.86. The summed E-state index contributed by atoms with van der Waals surface area (Å²) in [7, 11) is -3.96. The van der Waals surface area contributed by atoms with Crippen molar-refractivity contribution in [3.63, 3.8) is 0 Å². The molecule has 26 heavy (non-hydrogen) atoms. The van der Waals surface area contributed by atoms with Crippen LogP contribution in [0.25, 0.3) is 0 Å². The van der Waals surface area contributed by atoms with Crippen molar-refractivity contribution in [1.29, 1.82) is 0 Å². The van der Waals surface area contributed by atoms with Crippen molar-refractivity contribution >= 4 is 27.3 Å². The van der Waals surface area contributed by atoms with Crippen LogP contribution in [-0.4, -0.2) is 27.5 Å². The SMILES string of the molecule is CCOc1ccc(S(=O)(=O)Nc2ccc3c(c2)CC(=O)N3CC)cc1F. The monoisotopic (exact) mass is 378 g/mol. The molecule has 0 fully saturated rings. The van der Waals surface area contributed by atoms with Crippen molar-refractivity contribution in [3.05, 3.63) is 47.8 Å². The molecule has 138 valence electrons. The van der Waals surface area contributed by atoms with Crippen LogP contribution in [0.3, 0.4) is 0 Å². The zero-order valence-electron chi connectivity index (χ0n) is 14.5. The second-order valence-electron chi connectivity index (χ2n) is 5.79. The van der Waals surface area contributed by atoms with Gasteiger partial charge in [-0.1, -0.05) is 0 Å². The van der Waals surface area contributed by atoms with Gasteiger partial charge in [-0.2, -0.15) is 0 Å². The maximum absolute atomic E-state index is 14.0. The molecule has 1 aliphatic heterocycles. The Morgan fingerprint density at radius 1 is 1.19 bits per heavy atom. The number of likely N-dealkylation sites (N-methyl/N-ethyl adjacent to an activating group) is 1. The summed E-state index contributed by atoms with van der Waals surface area (Å²) in [5, 5.41) is 0. The van der Waals surface area contributed by atoms with E-state index >= 15 is 0 Å². The molecule has 1 N–H and O–H groups in total. The van der Waals surface area contributed by atoms with Gasteiger partial charge in [0.25, 0.3) is 10.0 Å². The highest BCUT2D eigenvalue weighted by Crippen LogP contribution is 2.32. The van der Waals surface area contributed by atoms with Gasteiger partial charge < -0.3 is 9.64 Å². The molecule has 1 amide bonds. The highest BCUT2D eigenvalue weighted by molar-refractivity contribution is 7.92. The summed E-state index contributed by atoms with van der Waals surface area (Å²) in [6.45, 7) is 4.43. The number of hydrogen-bond acceptors (Lipinski definition) is 4. The van der Waals surface area contributed by atoms with Crippen molar-refractivity contribution in [2.24, 2.45) is 0 Å². The molecule has 6 nitrogen and oxygen atoms in total. The number of carbonyl (C=O) groups excluding carboxylic acids is 1. The molecule has 0 bridgehead atoms. The van der Waals surface area contributed by atoms with Crippen LogP contribution < -0.4 is 14.4 Å². The van der Waals surface area contributed by atoms with E-state index in [4.69, 9.17) is 4.74 Å². The molecule has 0 aliphatic carbocycles. The quantitative estimate of drug-likeness (QED) is 0.839. The molecule has 2 aromatic rings. The zero-order chi connectivity index (χ0) is 18.9. The smallest absolute Gasteiger partial charge is 0.262 e. The molecular formula is C18H19FN2O4S. The Morgan fingerprint density at radius 3 is 2.62 bits per heavy atom. The van der Waals surface area contributed by atoms with Gasteiger partial charge >= 0.3 is 0 Å². The van der Waals surface area contributed by atoms with Gasteiger partial charge in [0.05, 0.1) is 17.9 Å². The minimum Gasteiger partial charge on any atom is -0.491 e. The Kier molecular flexibility index (Phi) is 4.86. The van der Waals surface area contributed by atoms with Gasteiger partial charge in [0.1, 0.15) is 0 Å². The van der Waals surface area contributed by atoms with Crippen LogP contribution in [0.1, 0.15) is 19.4 Å². The molecule has 3 rings (SSSR count). The molecule has 0 spiro atoms. The molecule has 1 heterocycles. The van der Waals surface area contributed by atoms with Crippen molar-refractivity contribution in [3.8, 4) is 5.75 Å². The van der Waals surface area contributed by atoms with Crippen LogP contribution in [-0.2, 0) is 21.2 Å². The van der Waals surface area contributed by atoms with E-state index in [0.717, 1.165) is 17.3 Å². The lowest BCUT2D eigenvalue weighted by Crippen LogP contribution is -2.25. The van der Waals surface area contributed by atoms with Crippen LogP contribution in [0.15, 0.2) is 41.3 Å². The van der Waals surface area contributed by atoms with Gasteiger partial charge in [0.15, 0.2) is 11.6 Å². The Labute approximate surface area is 151 Å². The second kappa shape index (κ2) is 6.95. The summed E-state index contributed by atoms with van der Waals surface area (Å²) < 4.78 is 46.5. The van der Waals surface area contributed by atoms with E-state index < -0.39 is 15.8 Å². The van der Waals surface area contributed by atoms with Crippen molar-refractivity contribution in [1.82, 2.24) is 0 Å². The fraction of sp³-hybridized carbons (Fsp3) is 0.278. The molecular weight excluding hydrogens is 359 g/mol. The van der Waals surface area contributed by atoms with Gasteiger partial charge in [0.2, 0.25) is 5.91 Å². The highest BCUT2D eigenvalue weighted by Gasteiger charge is 2.26. The minimum absolute atomic E-state index is 0.00199. The fourth-order valence-electron chi connectivity index (χ4n) is 2.93. The third-order valence-electron chi connectivity index (χ3n) is 4.09. The first kappa shape index (κ1) is 18.2. The van der Waals surface area contributed by atoms with E-state index in [-0.39, 0.29) is 29.6 Å². The molecule has 0 atom stereocenters. The average Bonchev–Trinajstić information content (AvgIpc) is 2.90. The Morgan fingerprint density at radius 2 is 1.96 bits per heavy atom. The van der Waals surface area contributed by atoms with E-state index in [1.54, 1.807) is 30.0 Å². The van der Waals surface area contributed by atoms with E-state index in [1.807, 2.05) is 6.92 Å². The van der Waals surface area contributed by atoms with Gasteiger partial charge in [0, 0.05) is 17.9 Å². The lowest BCUT2D eigenvalue weighted by Gasteiger charge is -2.15. The first-order valence-electron chi connectivity index (χ1n) is 8.24. The zero-order valence-corrected chi connectivity index (χ0v) is 15.3. The summed E-state index contributed by atoms with van der Waals surface area (Å²) in [5.41, 5.74) is 1.87. The maximum Gasteiger partial charge on any atom is 0.262 e. The van der Waals surface area contributed by atoms with Gasteiger partial charge in [-0.05, 0) is 55.8 Å². The third kappa shape index (κ3) is 3.37. The van der Waals surface area contributed by atoms with Gasteiger partial charge in [-0.3, -0.25) is 9.52 Å². The largest absolute Gasteiger partial charge is 0.491 e. The van der Waals surface area contributed by atoms with Crippen LogP contribution >= 0.6 is 0 Å². The third-order valence-corrected chi connectivity index (χ3v) is 5.47. The number of halogens is 1. The van der Waals surface area contributed by atoms with Crippen LogP contribution in [0.5, 0.6) is 5.75 Å². The van der Waals surface area contributed by atoms with Gasteiger partial charge in [-0.15, -0.1) is 0 Å². The standard InChI is InChI=1S/C18H19FN2O4S/c1-3-21-16-7-5-13(9-12(16)10-18(21)22)20-26(23,24)14-6-8-17(25-4-2)15(19)11-14/h5-9,11,20H,3-4,10H2,1-2H3. The summed E-state index contributed by atoms with van der Waals surface area (Å²) in [5.74, 6) is -0.758. The molecule has 0 radical (unpaired) electrons. The summed E-state index contributed by atoms with van der Waals surface area (Å²) in [6.07, 6.45) is 0.233. The number of nitrogens with one attached hydrogen (secondary N) is 1. The first-order chi connectivity index (χ1) is 12.4. The molecule has 0 aromatic heterocycles. The van der Waals surface area contributed by atoms with E-state index in [0.29, 0.717) is 12.2 Å². The van der Waals surface area contributed by atoms with E-state index in [9.17, 15) is 17.6 Å². The minimum atomic E-state index is -3.96. The number of sulfonamides is 1. The molecule has 0 unspecified atom stereocenters. The predicted molar refractivity (Wildman–Crippen MR) is 96.6 cm³/mol. The second-order valence-corrected chi connectivity index (χ2v) is 7.47. The number of fused-ring (bicyclic) bond motifs is 1. The van der Waals surface area contributed by atoms with Crippen molar-refractivity contribution in [2.75, 3.05) is 22.8 Å². The van der Waals surface area contributed by atoms with Crippen LogP contribution in [0.2, 0.25) is 0 Å². The molecule has 1 aliphatic rings. The Hall–Kier alpha value is -2.61. The fourth-order valence-corrected chi connectivity index (χ4v) is 3.99. The highest BCUT2D eigenvalue weighted by atomic mass is 32.2. The Bertz CT molecular complexity index is 960. The molecule has 8 heteroatoms. The van der Waals surface area contributed by atoms with E-state index in [1.165, 1.54) is 12.1 Å². The number of benzene rings is 2. The van der Waals surface area contributed by atoms with Crippen molar-refractivity contribution < 1.29 is 22.3 Å². The number of anilines is 2.